The zero-order valence-electron chi connectivity index (χ0n) is 16.6. The van der Waals surface area contributed by atoms with Gasteiger partial charge in [0, 0.05) is 18.7 Å². The van der Waals surface area contributed by atoms with Crippen LogP contribution in [0.3, 0.4) is 0 Å². The summed E-state index contributed by atoms with van der Waals surface area (Å²) >= 11 is 0. The lowest BCUT2D eigenvalue weighted by atomic mass is 9.93. The molecule has 2 aromatic carbocycles. The average Bonchev–Trinajstić information content (AvgIpc) is 2.73. The Labute approximate surface area is 174 Å². The highest BCUT2D eigenvalue weighted by Crippen LogP contribution is 2.21. The lowest BCUT2D eigenvalue weighted by molar-refractivity contribution is -0.147. The maximum absolute atomic E-state index is 13.0. The zero-order chi connectivity index (χ0) is 21.8. The summed E-state index contributed by atoms with van der Waals surface area (Å²) < 4.78 is 13.0. The van der Waals surface area contributed by atoms with Crippen LogP contribution in [0.1, 0.15) is 34.5 Å². The van der Waals surface area contributed by atoms with E-state index < -0.39 is 24.4 Å². The first-order chi connectivity index (χ1) is 14.3. The van der Waals surface area contributed by atoms with Crippen LogP contribution >= 0.6 is 0 Å². The molecule has 0 unspecified atom stereocenters. The predicted molar refractivity (Wildman–Crippen MR) is 108 cm³/mol. The second-order valence-electron chi connectivity index (χ2n) is 7.67. The number of rotatable bonds is 6. The van der Waals surface area contributed by atoms with E-state index in [0.717, 1.165) is 11.1 Å². The van der Waals surface area contributed by atoms with Crippen LogP contribution in [0.4, 0.5) is 4.39 Å². The lowest BCUT2D eigenvalue weighted by Gasteiger charge is -2.43. The maximum atomic E-state index is 13.0. The number of benzene rings is 2. The Morgan fingerprint density at radius 2 is 1.73 bits per heavy atom. The van der Waals surface area contributed by atoms with E-state index in [9.17, 15) is 29.6 Å². The molecule has 1 saturated heterocycles. The van der Waals surface area contributed by atoms with Gasteiger partial charge in [-0.05, 0) is 42.3 Å². The van der Waals surface area contributed by atoms with Gasteiger partial charge < -0.3 is 25.7 Å². The summed E-state index contributed by atoms with van der Waals surface area (Å²) in [5.41, 5.74) is 2.08. The topological polar surface area (TPSA) is 113 Å². The molecule has 0 spiro atoms. The van der Waals surface area contributed by atoms with E-state index in [-0.39, 0.29) is 30.9 Å². The number of aliphatic hydroxyl groups excluding tert-OH is 4. The van der Waals surface area contributed by atoms with Gasteiger partial charge in [0.15, 0.2) is 0 Å². The van der Waals surface area contributed by atoms with Crippen molar-refractivity contribution >= 4 is 5.91 Å². The van der Waals surface area contributed by atoms with Gasteiger partial charge in [0.1, 0.15) is 18.0 Å². The molecule has 0 bridgehead atoms. The van der Waals surface area contributed by atoms with E-state index in [1.807, 2.05) is 6.92 Å². The number of piperidine rings is 1. The summed E-state index contributed by atoms with van der Waals surface area (Å²) in [6, 6.07) is 11.8. The predicted octanol–water partition coefficient (Wildman–Crippen LogP) is 0.576. The molecule has 5 atom stereocenters. The fourth-order valence-electron chi connectivity index (χ4n) is 3.67. The number of carbonyl (C=O) groups excluding carboxylic acids is 1. The summed E-state index contributed by atoms with van der Waals surface area (Å²) in [4.78, 5) is 14.2. The minimum absolute atomic E-state index is 0.112. The number of β-amino-alcohol motifs (C(OH)–C–C–N with tert-alkyl or cyclic N) is 1. The van der Waals surface area contributed by atoms with E-state index >= 15 is 0 Å². The summed E-state index contributed by atoms with van der Waals surface area (Å²) in [7, 11) is 0. The number of halogens is 1. The van der Waals surface area contributed by atoms with Crippen LogP contribution in [0.15, 0.2) is 48.5 Å². The van der Waals surface area contributed by atoms with Crippen molar-refractivity contribution in [3.8, 4) is 0 Å². The Morgan fingerprint density at radius 3 is 2.33 bits per heavy atom. The van der Waals surface area contributed by atoms with Crippen molar-refractivity contribution in [2.75, 3.05) is 13.2 Å². The van der Waals surface area contributed by atoms with Gasteiger partial charge in [-0.3, -0.25) is 9.69 Å². The number of carbonyl (C=O) groups is 1. The van der Waals surface area contributed by atoms with Crippen LogP contribution < -0.4 is 5.32 Å². The molecular formula is C22H27FN2O5. The summed E-state index contributed by atoms with van der Waals surface area (Å²) in [5, 5.41) is 42.2. The molecule has 2 aromatic rings. The number of hydrogen-bond acceptors (Lipinski definition) is 6. The molecule has 162 valence electrons. The summed E-state index contributed by atoms with van der Waals surface area (Å²) in [6.45, 7) is 1.91. The SMILES string of the molecule is C[C@@H](NC(=O)c1ccc(CN2C[C@H](O)[C@@H](O)[C@@H](O)[C@@H]2CO)cc1)c1ccc(F)cc1. The van der Waals surface area contributed by atoms with Crippen LogP contribution in [0.25, 0.3) is 0 Å². The molecule has 0 radical (unpaired) electrons. The highest BCUT2D eigenvalue weighted by molar-refractivity contribution is 5.94. The van der Waals surface area contributed by atoms with Crippen LogP contribution in [-0.4, -0.2) is 68.7 Å². The van der Waals surface area contributed by atoms with Crippen LogP contribution in [0.2, 0.25) is 0 Å². The maximum Gasteiger partial charge on any atom is 0.251 e. The molecule has 1 aliphatic rings. The van der Waals surface area contributed by atoms with E-state index in [1.54, 1.807) is 41.3 Å². The van der Waals surface area contributed by atoms with Crippen molar-refractivity contribution in [2.24, 2.45) is 0 Å². The minimum atomic E-state index is -1.30. The monoisotopic (exact) mass is 418 g/mol. The van der Waals surface area contributed by atoms with Gasteiger partial charge >= 0.3 is 0 Å². The van der Waals surface area contributed by atoms with Crippen molar-refractivity contribution in [3.63, 3.8) is 0 Å². The van der Waals surface area contributed by atoms with Gasteiger partial charge in [-0.15, -0.1) is 0 Å². The molecular weight excluding hydrogens is 391 g/mol. The van der Waals surface area contributed by atoms with Gasteiger partial charge in [0.05, 0.1) is 24.8 Å². The Morgan fingerprint density at radius 1 is 1.10 bits per heavy atom. The molecule has 0 saturated carbocycles. The van der Waals surface area contributed by atoms with E-state index in [1.165, 1.54) is 12.1 Å². The van der Waals surface area contributed by atoms with Crippen molar-refractivity contribution in [1.82, 2.24) is 10.2 Å². The Balaban J connectivity index is 1.62. The van der Waals surface area contributed by atoms with Crippen molar-refractivity contribution in [3.05, 3.63) is 71.0 Å². The van der Waals surface area contributed by atoms with E-state index in [4.69, 9.17) is 0 Å². The first kappa shape index (κ1) is 22.3. The lowest BCUT2D eigenvalue weighted by Crippen LogP contribution is -2.62. The first-order valence-corrected chi connectivity index (χ1v) is 9.84. The molecule has 30 heavy (non-hydrogen) atoms. The molecule has 0 aliphatic carbocycles. The minimum Gasteiger partial charge on any atom is -0.395 e. The average molecular weight is 418 g/mol. The Hall–Kier alpha value is -2.36. The molecule has 1 fully saturated rings. The van der Waals surface area contributed by atoms with Gasteiger partial charge in [-0.1, -0.05) is 24.3 Å². The summed E-state index contributed by atoms with van der Waals surface area (Å²) in [5.74, 6) is -0.599. The summed E-state index contributed by atoms with van der Waals surface area (Å²) in [6.07, 6.45) is -3.66. The number of nitrogens with one attached hydrogen (secondary N) is 1. The number of aliphatic hydroxyl groups is 4. The quantitative estimate of drug-likeness (QED) is 0.469. The molecule has 5 N–H and O–H groups in total. The largest absolute Gasteiger partial charge is 0.395 e. The molecule has 3 rings (SSSR count). The first-order valence-electron chi connectivity index (χ1n) is 9.84. The van der Waals surface area contributed by atoms with Gasteiger partial charge in [-0.25, -0.2) is 4.39 Å². The molecule has 1 heterocycles. The molecule has 1 amide bonds. The highest BCUT2D eigenvalue weighted by Gasteiger charge is 2.40. The third-order valence-corrected chi connectivity index (χ3v) is 5.54. The Bertz CT molecular complexity index is 846. The second-order valence-corrected chi connectivity index (χ2v) is 7.67. The van der Waals surface area contributed by atoms with E-state index in [2.05, 4.69) is 5.32 Å². The van der Waals surface area contributed by atoms with Crippen LogP contribution in [0.5, 0.6) is 0 Å². The van der Waals surface area contributed by atoms with Gasteiger partial charge in [0.25, 0.3) is 5.91 Å². The van der Waals surface area contributed by atoms with Crippen LogP contribution in [0, 0.1) is 5.82 Å². The Kier molecular flexibility index (Phi) is 7.17. The van der Waals surface area contributed by atoms with Gasteiger partial charge in [0.2, 0.25) is 0 Å². The fourth-order valence-corrected chi connectivity index (χ4v) is 3.67. The van der Waals surface area contributed by atoms with E-state index in [0.29, 0.717) is 12.1 Å². The molecule has 0 aromatic heterocycles. The second kappa shape index (κ2) is 9.63. The number of hydrogen-bond donors (Lipinski definition) is 5. The van der Waals surface area contributed by atoms with Gasteiger partial charge in [-0.2, -0.15) is 0 Å². The standard InChI is InChI=1S/C22H27FN2O5/c1-13(15-6-8-17(23)9-7-15)24-22(30)16-4-2-14(3-5-16)10-25-11-19(27)21(29)20(28)18(25)12-26/h2-9,13,18-21,26-29H,10-12H2,1H3,(H,24,30)/t13-,18+,19+,20+,21-/m1/s1. The third-order valence-electron chi connectivity index (χ3n) is 5.54. The zero-order valence-corrected chi connectivity index (χ0v) is 16.6. The number of nitrogens with zero attached hydrogens (tertiary/aromatic N) is 1. The van der Waals surface area contributed by atoms with Crippen LogP contribution in [-0.2, 0) is 6.54 Å². The third kappa shape index (κ3) is 5.03. The van der Waals surface area contributed by atoms with Crippen molar-refractivity contribution < 1.29 is 29.6 Å². The van der Waals surface area contributed by atoms with Crippen molar-refractivity contribution in [1.29, 1.82) is 0 Å². The number of amides is 1. The normalized spacial score (nSPS) is 25.7. The molecule has 1 aliphatic heterocycles. The number of likely N-dealkylation sites (tertiary alicyclic amines) is 1. The van der Waals surface area contributed by atoms with Crippen molar-refractivity contribution in [2.45, 2.75) is 43.9 Å². The fraction of sp³-hybridized carbons (Fsp3) is 0.409. The molecule has 8 heteroatoms. The smallest absolute Gasteiger partial charge is 0.251 e. The highest BCUT2D eigenvalue weighted by atomic mass is 19.1. The molecule has 7 nitrogen and oxygen atoms in total.